The molecule has 0 saturated heterocycles. The summed E-state index contributed by atoms with van der Waals surface area (Å²) in [5, 5.41) is 3.70. The van der Waals surface area contributed by atoms with Crippen molar-refractivity contribution in [2.45, 2.75) is 76.7 Å². The van der Waals surface area contributed by atoms with Gasteiger partial charge in [-0.1, -0.05) is 69.4 Å². The molecule has 0 heterocycles. The van der Waals surface area contributed by atoms with Gasteiger partial charge in [0.2, 0.25) is 0 Å². The Kier molecular flexibility index (Phi) is 7.35. The van der Waals surface area contributed by atoms with Gasteiger partial charge in [-0.3, -0.25) is 0 Å². The summed E-state index contributed by atoms with van der Waals surface area (Å²) in [6.07, 6.45) is 14.5. The number of hydrogen-bond acceptors (Lipinski definition) is 1. The van der Waals surface area contributed by atoms with Crippen molar-refractivity contribution in [1.29, 1.82) is 0 Å². The van der Waals surface area contributed by atoms with Crippen molar-refractivity contribution in [1.82, 2.24) is 0 Å². The lowest BCUT2D eigenvalue weighted by Crippen LogP contribution is -2.19. The monoisotopic (exact) mass is 311 g/mol. The van der Waals surface area contributed by atoms with Gasteiger partial charge < -0.3 is 5.32 Å². The normalized spacial score (nSPS) is 19.5. The van der Waals surface area contributed by atoms with E-state index in [1.165, 1.54) is 76.7 Å². The molecular weight excluding hydrogens is 285 g/mol. The van der Waals surface area contributed by atoms with E-state index in [0.29, 0.717) is 6.04 Å². The van der Waals surface area contributed by atoms with Crippen LogP contribution in [0.2, 0.25) is 5.02 Å². The summed E-state index contributed by atoms with van der Waals surface area (Å²) in [6, 6.07) is 5.49. The second-order valence-corrected chi connectivity index (χ2v) is 6.64. The number of benzene rings is 1. The Labute approximate surface area is 133 Å². The third-order valence-electron chi connectivity index (χ3n) is 4.40. The average Bonchev–Trinajstić information content (AvgIpc) is 2.46. The van der Waals surface area contributed by atoms with E-state index in [4.69, 9.17) is 11.6 Å². The smallest absolute Gasteiger partial charge is 0.143 e. The molecule has 0 bridgehead atoms. The molecule has 0 atom stereocenters. The summed E-state index contributed by atoms with van der Waals surface area (Å²) in [5.74, 6) is -0.338. The lowest BCUT2D eigenvalue weighted by Gasteiger charge is -2.21. The first-order valence-electron chi connectivity index (χ1n) is 8.47. The van der Waals surface area contributed by atoms with Crippen LogP contribution < -0.4 is 5.32 Å². The van der Waals surface area contributed by atoms with Crippen molar-refractivity contribution in [2.75, 3.05) is 5.32 Å². The maximum atomic E-state index is 13.5. The molecule has 1 nitrogen and oxygen atoms in total. The van der Waals surface area contributed by atoms with Gasteiger partial charge in [-0.05, 0) is 31.0 Å². The topological polar surface area (TPSA) is 12.0 Å². The van der Waals surface area contributed by atoms with Crippen molar-refractivity contribution < 1.29 is 4.39 Å². The first-order valence-corrected chi connectivity index (χ1v) is 8.85. The Morgan fingerprint density at radius 1 is 0.857 bits per heavy atom. The Morgan fingerprint density at radius 2 is 1.38 bits per heavy atom. The second kappa shape index (κ2) is 9.30. The molecule has 1 aromatic rings. The summed E-state index contributed by atoms with van der Waals surface area (Å²) in [4.78, 5) is 0. The van der Waals surface area contributed by atoms with Crippen LogP contribution >= 0.6 is 11.6 Å². The fraction of sp³-hybridized carbons (Fsp3) is 0.667. The Balaban J connectivity index is 1.88. The zero-order valence-corrected chi connectivity index (χ0v) is 13.6. The summed E-state index contributed by atoms with van der Waals surface area (Å²) >= 11 is 5.74. The molecule has 0 spiro atoms. The van der Waals surface area contributed by atoms with Crippen LogP contribution in [0.5, 0.6) is 0 Å². The van der Waals surface area contributed by atoms with Crippen molar-refractivity contribution in [2.24, 2.45) is 0 Å². The van der Waals surface area contributed by atoms with Gasteiger partial charge in [0.25, 0.3) is 0 Å². The van der Waals surface area contributed by atoms with E-state index >= 15 is 0 Å². The zero-order valence-electron chi connectivity index (χ0n) is 12.8. The third-order valence-corrected chi connectivity index (χ3v) is 4.70. The summed E-state index contributed by atoms with van der Waals surface area (Å²) < 4.78 is 13.5. The molecule has 0 aromatic heterocycles. The van der Waals surface area contributed by atoms with Crippen LogP contribution in [-0.2, 0) is 0 Å². The molecule has 0 amide bonds. The quantitative estimate of drug-likeness (QED) is 0.651. The maximum absolute atomic E-state index is 13.5. The molecule has 0 aliphatic heterocycles. The third kappa shape index (κ3) is 6.25. The SMILES string of the molecule is Fc1cc(NC2CCCCCCCCCCC2)ccc1Cl. The first kappa shape index (κ1) is 16.6. The molecule has 0 radical (unpaired) electrons. The van der Waals surface area contributed by atoms with Crippen molar-refractivity contribution >= 4 is 17.3 Å². The maximum Gasteiger partial charge on any atom is 0.143 e. The van der Waals surface area contributed by atoms with E-state index in [9.17, 15) is 4.39 Å². The summed E-state index contributed by atoms with van der Waals surface area (Å²) in [6.45, 7) is 0. The summed E-state index contributed by atoms with van der Waals surface area (Å²) in [5.41, 5.74) is 0.856. The lowest BCUT2D eigenvalue weighted by atomic mass is 9.98. The highest BCUT2D eigenvalue weighted by atomic mass is 35.5. The molecule has 3 heteroatoms. The number of hydrogen-bond donors (Lipinski definition) is 1. The van der Waals surface area contributed by atoms with Crippen LogP contribution in [0.15, 0.2) is 18.2 Å². The molecule has 1 aromatic carbocycles. The molecule has 0 unspecified atom stereocenters. The molecular formula is C18H27ClFN. The van der Waals surface area contributed by atoms with Crippen LogP contribution in [0.1, 0.15) is 70.6 Å². The Hall–Kier alpha value is -0.760. The zero-order chi connectivity index (χ0) is 14.9. The predicted octanol–water partition coefficient (Wildman–Crippen LogP) is 6.56. The predicted molar refractivity (Wildman–Crippen MR) is 89.6 cm³/mol. The highest BCUT2D eigenvalue weighted by Gasteiger charge is 2.10. The van der Waals surface area contributed by atoms with Gasteiger partial charge in [-0.2, -0.15) is 0 Å². The van der Waals surface area contributed by atoms with Gasteiger partial charge >= 0.3 is 0 Å². The van der Waals surface area contributed by atoms with Gasteiger partial charge in [0.05, 0.1) is 5.02 Å². The first-order chi connectivity index (χ1) is 10.3. The standard InChI is InChI=1S/C18H27ClFN/c19-17-13-12-16(14-18(17)20)21-15-10-8-6-4-2-1-3-5-7-9-11-15/h12-15,21H,1-11H2. The van der Waals surface area contributed by atoms with Crippen LogP contribution in [0.3, 0.4) is 0 Å². The molecule has 2 rings (SSSR count). The van der Waals surface area contributed by atoms with E-state index in [0.717, 1.165) is 5.69 Å². The number of halogens is 2. The second-order valence-electron chi connectivity index (χ2n) is 6.23. The fourth-order valence-electron chi connectivity index (χ4n) is 3.13. The van der Waals surface area contributed by atoms with Crippen LogP contribution in [0.25, 0.3) is 0 Å². The van der Waals surface area contributed by atoms with Crippen LogP contribution in [-0.4, -0.2) is 6.04 Å². The molecule has 1 aliphatic rings. The molecule has 118 valence electrons. The van der Waals surface area contributed by atoms with Crippen LogP contribution in [0, 0.1) is 5.82 Å². The lowest BCUT2D eigenvalue weighted by molar-refractivity contribution is 0.480. The van der Waals surface area contributed by atoms with Crippen LogP contribution in [0.4, 0.5) is 10.1 Å². The van der Waals surface area contributed by atoms with Gasteiger partial charge in [-0.25, -0.2) is 4.39 Å². The van der Waals surface area contributed by atoms with Crippen molar-refractivity contribution in [3.8, 4) is 0 Å². The molecule has 1 aliphatic carbocycles. The largest absolute Gasteiger partial charge is 0.382 e. The Bertz CT molecular complexity index is 410. The molecule has 21 heavy (non-hydrogen) atoms. The molecule has 1 N–H and O–H groups in total. The van der Waals surface area contributed by atoms with Gasteiger partial charge in [0, 0.05) is 11.7 Å². The van der Waals surface area contributed by atoms with Gasteiger partial charge in [-0.15, -0.1) is 0 Å². The minimum absolute atomic E-state index is 0.194. The minimum atomic E-state index is -0.338. The van der Waals surface area contributed by atoms with E-state index in [2.05, 4.69) is 5.32 Å². The van der Waals surface area contributed by atoms with Gasteiger partial charge in [0.1, 0.15) is 5.82 Å². The van der Waals surface area contributed by atoms with E-state index in [1.807, 2.05) is 6.07 Å². The summed E-state index contributed by atoms with van der Waals surface area (Å²) in [7, 11) is 0. The van der Waals surface area contributed by atoms with E-state index in [-0.39, 0.29) is 10.8 Å². The number of nitrogens with one attached hydrogen (secondary N) is 1. The molecule has 1 fully saturated rings. The van der Waals surface area contributed by atoms with Crippen molar-refractivity contribution in [3.63, 3.8) is 0 Å². The average molecular weight is 312 g/mol. The van der Waals surface area contributed by atoms with Crippen molar-refractivity contribution in [3.05, 3.63) is 29.0 Å². The minimum Gasteiger partial charge on any atom is -0.382 e. The Morgan fingerprint density at radius 3 is 1.90 bits per heavy atom. The number of rotatable bonds is 2. The fourth-order valence-corrected chi connectivity index (χ4v) is 3.25. The number of anilines is 1. The highest BCUT2D eigenvalue weighted by molar-refractivity contribution is 6.30. The van der Waals surface area contributed by atoms with Gasteiger partial charge in [0.15, 0.2) is 0 Å². The highest BCUT2D eigenvalue weighted by Crippen LogP contribution is 2.23. The van der Waals surface area contributed by atoms with E-state index in [1.54, 1.807) is 6.07 Å². The molecule has 1 saturated carbocycles. The van der Waals surface area contributed by atoms with E-state index < -0.39 is 0 Å².